The lowest BCUT2D eigenvalue weighted by Crippen LogP contribution is -2.24. The Bertz CT molecular complexity index is 477. The van der Waals surface area contributed by atoms with Crippen LogP contribution in [0, 0.1) is 0 Å². The Labute approximate surface area is 194 Å². The van der Waals surface area contributed by atoms with Crippen molar-refractivity contribution in [1.82, 2.24) is 20.3 Å². The predicted octanol–water partition coefficient (Wildman–Crippen LogP) is 6.02. The van der Waals surface area contributed by atoms with Gasteiger partial charge >= 0.3 is 0 Å². The summed E-state index contributed by atoms with van der Waals surface area (Å²) in [6.45, 7) is 11.9. The molecular weight excluding hydrogens is 479 g/mol. The van der Waals surface area contributed by atoms with Crippen molar-refractivity contribution in [2.45, 2.75) is 107 Å². The highest BCUT2D eigenvalue weighted by molar-refractivity contribution is 14.1. The van der Waals surface area contributed by atoms with E-state index in [4.69, 9.17) is 0 Å². The highest BCUT2D eigenvalue weighted by Crippen LogP contribution is 1.97. The van der Waals surface area contributed by atoms with Gasteiger partial charge in [-0.3, -0.25) is 14.3 Å². The molecule has 1 aromatic heterocycles. The third-order valence-electron chi connectivity index (χ3n) is 3.52. The van der Waals surface area contributed by atoms with Crippen LogP contribution >= 0.6 is 22.6 Å². The number of nitrogens with zero attached hydrogens (tertiary/aromatic N) is 3. The third kappa shape index (κ3) is 25.0. The first-order valence-electron chi connectivity index (χ1n) is 10.2. The summed E-state index contributed by atoms with van der Waals surface area (Å²) in [5, 5.41) is 10.8. The number of carbonyl (C=O) groups excluding carboxylic acids is 2. The zero-order chi connectivity index (χ0) is 20.9. The largest absolute Gasteiger partial charge is 0.356 e. The number of Topliss-reactive ketones (excluding diaryl/α,β-unsaturated/α-hetero) is 1. The maximum atomic E-state index is 11.0. The molecule has 0 spiro atoms. The zero-order valence-corrected chi connectivity index (χ0v) is 20.0. The Kier molecular flexibility index (Phi) is 33.0. The average Bonchev–Trinajstić information content (AvgIpc) is 3.14. The lowest BCUT2D eigenvalue weighted by molar-refractivity contribution is -0.120. The molecule has 1 rings (SSSR count). The first-order valence-corrected chi connectivity index (χ1v) is 11.7. The molecule has 0 aliphatic rings. The van der Waals surface area contributed by atoms with E-state index in [1.165, 1.54) is 12.8 Å². The molecule has 0 saturated carbocycles. The molecule has 174 valence electrons. The minimum Gasteiger partial charge on any atom is -0.356 e. The summed E-state index contributed by atoms with van der Waals surface area (Å²) >= 11 is 2.10. The second kappa shape index (κ2) is 27.0. The number of hydrogen-bond donors (Lipinski definition) is 1. The minimum absolute atomic E-state index is 0. The molecule has 1 N–H and O–H groups in total. The van der Waals surface area contributed by atoms with Crippen LogP contribution in [0.5, 0.6) is 0 Å². The molecule has 29 heavy (non-hydrogen) atoms. The fourth-order valence-corrected chi connectivity index (χ4v) is 2.07. The number of carbonyl (C=O) groups is 2. The van der Waals surface area contributed by atoms with Crippen molar-refractivity contribution in [1.29, 1.82) is 0 Å². The molecule has 1 heterocycles. The topological polar surface area (TPSA) is 76.9 Å². The molecule has 0 aromatic carbocycles. The number of hydrogen-bond acceptors (Lipinski definition) is 4. The van der Waals surface area contributed by atoms with Gasteiger partial charge in [0.1, 0.15) is 5.78 Å². The van der Waals surface area contributed by atoms with E-state index in [0.29, 0.717) is 23.2 Å². The van der Waals surface area contributed by atoms with E-state index in [2.05, 4.69) is 65.9 Å². The first-order chi connectivity index (χ1) is 13.0. The summed E-state index contributed by atoms with van der Waals surface area (Å²) in [6.07, 6.45) is 9.86. The second-order valence-corrected chi connectivity index (χ2v) is 6.97. The Morgan fingerprint density at radius 2 is 1.66 bits per heavy atom. The van der Waals surface area contributed by atoms with Crippen molar-refractivity contribution < 1.29 is 9.59 Å². The predicted molar refractivity (Wildman–Crippen MR) is 135 cm³/mol. The van der Waals surface area contributed by atoms with Crippen LogP contribution in [0.3, 0.4) is 0 Å². The minimum atomic E-state index is 0. The van der Waals surface area contributed by atoms with Crippen LogP contribution in [-0.4, -0.2) is 37.7 Å². The molecular formula is C22H47IN4O2. The van der Waals surface area contributed by atoms with Crippen molar-refractivity contribution >= 4 is 34.3 Å². The van der Waals surface area contributed by atoms with Gasteiger partial charge in [-0.15, -0.1) is 5.10 Å². The molecule has 0 unspecified atom stereocenters. The van der Waals surface area contributed by atoms with Crippen LogP contribution in [0.15, 0.2) is 6.20 Å². The van der Waals surface area contributed by atoms with Crippen LogP contribution in [0.2, 0.25) is 0 Å². The van der Waals surface area contributed by atoms with E-state index in [0.717, 1.165) is 44.3 Å². The quantitative estimate of drug-likeness (QED) is 0.283. The van der Waals surface area contributed by atoms with E-state index < -0.39 is 0 Å². The molecule has 0 aliphatic heterocycles. The van der Waals surface area contributed by atoms with Gasteiger partial charge < -0.3 is 5.32 Å². The Balaban J connectivity index is -0.000000191. The number of aryl methyl sites for hydroxylation is 1. The molecule has 0 bridgehead atoms. The van der Waals surface area contributed by atoms with E-state index >= 15 is 0 Å². The highest BCUT2D eigenvalue weighted by Gasteiger charge is 2.01. The molecule has 6 nitrogen and oxygen atoms in total. The number of nitrogens with one attached hydrogen (secondary N) is 1. The molecule has 0 aliphatic carbocycles. The van der Waals surface area contributed by atoms with Gasteiger partial charge in [0.15, 0.2) is 0 Å². The van der Waals surface area contributed by atoms with Crippen molar-refractivity contribution in [3.8, 4) is 0 Å². The molecule has 1 amide bonds. The van der Waals surface area contributed by atoms with E-state index in [1.54, 1.807) is 0 Å². The Morgan fingerprint density at radius 1 is 1.03 bits per heavy atom. The molecule has 0 fully saturated rings. The first kappa shape index (κ1) is 35.4. The van der Waals surface area contributed by atoms with Gasteiger partial charge in [0.2, 0.25) is 5.91 Å². The van der Waals surface area contributed by atoms with Crippen molar-refractivity contribution in [2.75, 3.05) is 11.0 Å². The van der Waals surface area contributed by atoms with E-state index in [1.807, 2.05) is 17.8 Å². The molecule has 0 atom stereocenters. The van der Waals surface area contributed by atoms with E-state index in [-0.39, 0.29) is 20.8 Å². The van der Waals surface area contributed by atoms with Gasteiger partial charge in [0.25, 0.3) is 0 Å². The fourth-order valence-electron chi connectivity index (χ4n) is 1.69. The summed E-state index contributed by atoms with van der Waals surface area (Å²) in [6, 6.07) is 0. The van der Waals surface area contributed by atoms with Crippen LogP contribution in [0.4, 0.5) is 0 Å². The zero-order valence-electron chi connectivity index (χ0n) is 17.9. The van der Waals surface area contributed by atoms with E-state index in [9.17, 15) is 9.59 Å². The van der Waals surface area contributed by atoms with Gasteiger partial charge in [0.05, 0.1) is 10.1 Å². The van der Waals surface area contributed by atoms with Crippen LogP contribution in [-0.2, 0) is 22.6 Å². The second-order valence-electron chi connectivity index (χ2n) is 6.20. The van der Waals surface area contributed by atoms with Gasteiger partial charge in [-0.25, -0.2) is 0 Å². The van der Waals surface area contributed by atoms with Crippen molar-refractivity contribution in [2.24, 2.45) is 0 Å². The smallest absolute Gasteiger partial charge is 0.219 e. The number of ketones is 1. The van der Waals surface area contributed by atoms with Crippen LogP contribution in [0.1, 0.15) is 100 Å². The van der Waals surface area contributed by atoms with Crippen molar-refractivity contribution in [3.05, 3.63) is 11.9 Å². The summed E-state index contributed by atoms with van der Waals surface area (Å²) in [4.78, 5) is 21.5. The van der Waals surface area contributed by atoms with Crippen LogP contribution in [0.25, 0.3) is 0 Å². The SMILES string of the molecule is C.C.CCCC.CCCCC(=O)CI.CCCn1cc(CCNC(=O)CC)nn1. The number of amides is 1. The lowest BCUT2D eigenvalue weighted by atomic mass is 10.2. The summed E-state index contributed by atoms with van der Waals surface area (Å²) in [7, 11) is 0. The van der Waals surface area contributed by atoms with Gasteiger partial charge in [0, 0.05) is 38.5 Å². The summed E-state index contributed by atoms with van der Waals surface area (Å²) < 4.78 is 2.51. The monoisotopic (exact) mass is 526 g/mol. The van der Waals surface area contributed by atoms with Gasteiger partial charge in [-0.05, 0) is 12.8 Å². The summed E-state index contributed by atoms with van der Waals surface area (Å²) in [5.41, 5.74) is 0.930. The standard InChI is InChI=1S/C10H18N4O.C6H11IO.C4H10.2CH4/c1-3-7-14-8-9(12-13-14)5-6-11-10(15)4-2;1-2-3-4-6(8)5-7;1-3-4-2;;/h8H,3-7H2,1-2H3,(H,11,15);2-5H2,1H3;3-4H2,1-2H3;2*1H4. The molecule has 1 aromatic rings. The van der Waals surface area contributed by atoms with Gasteiger partial charge in [-0.2, -0.15) is 0 Å². The Morgan fingerprint density at radius 3 is 2.10 bits per heavy atom. The molecule has 0 radical (unpaired) electrons. The Hall–Kier alpha value is -0.990. The fraction of sp³-hybridized carbons (Fsp3) is 0.818. The van der Waals surface area contributed by atoms with Crippen molar-refractivity contribution in [3.63, 3.8) is 0 Å². The van der Waals surface area contributed by atoms with Crippen LogP contribution < -0.4 is 5.32 Å². The highest BCUT2D eigenvalue weighted by atomic mass is 127. The molecule has 0 saturated heterocycles. The maximum Gasteiger partial charge on any atom is 0.219 e. The van der Waals surface area contributed by atoms with Gasteiger partial charge in [-0.1, -0.05) is 96.5 Å². The molecule has 7 heteroatoms. The summed E-state index contributed by atoms with van der Waals surface area (Å²) in [5.74, 6) is 0.461. The number of unbranched alkanes of at least 4 members (excludes halogenated alkanes) is 2. The average molecular weight is 527 g/mol. The number of aromatic nitrogens is 3. The maximum absolute atomic E-state index is 11.0. The normalized spacial score (nSPS) is 8.90. The number of rotatable bonds is 11. The number of halogens is 1. The lowest BCUT2D eigenvalue weighted by Gasteiger charge is -1.99. The third-order valence-corrected chi connectivity index (χ3v) is 4.37. The number of alkyl halides is 1.